The van der Waals surface area contributed by atoms with Crippen LogP contribution in [-0.2, 0) is 0 Å². The summed E-state index contributed by atoms with van der Waals surface area (Å²) >= 11 is 0. The second kappa shape index (κ2) is 7.81. The molecular formula is C16H30N2. The van der Waals surface area contributed by atoms with Gasteiger partial charge in [0.05, 0.1) is 0 Å². The Labute approximate surface area is 114 Å². The number of nitrogens with one attached hydrogen (secondary N) is 1. The van der Waals surface area contributed by atoms with Crippen LogP contribution in [0.3, 0.4) is 0 Å². The fourth-order valence-corrected chi connectivity index (χ4v) is 2.97. The highest BCUT2D eigenvalue weighted by molar-refractivity contribution is 4.96. The standard InChI is InChI=1S/C16H30N2/c1-6-10-14(8-3)18-12-16(13(5)7-2)17-11-15(18)9-4/h1,13-17H,7-12H2,2-5H3. The third kappa shape index (κ3) is 3.73. The first-order chi connectivity index (χ1) is 8.67. The van der Waals surface area contributed by atoms with E-state index in [1.54, 1.807) is 0 Å². The Morgan fingerprint density at radius 3 is 2.56 bits per heavy atom. The lowest BCUT2D eigenvalue weighted by atomic mass is 9.93. The van der Waals surface area contributed by atoms with Crippen molar-refractivity contribution in [1.29, 1.82) is 0 Å². The van der Waals surface area contributed by atoms with Crippen LogP contribution in [0.5, 0.6) is 0 Å². The minimum absolute atomic E-state index is 0.564. The first-order valence-corrected chi connectivity index (χ1v) is 7.60. The maximum Gasteiger partial charge on any atom is 0.0242 e. The molecule has 0 aromatic rings. The molecular weight excluding hydrogens is 220 g/mol. The first kappa shape index (κ1) is 15.5. The van der Waals surface area contributed by atoms with Gasteiger partial charge in [0.2, 0.25) is 0 Å². The van der Waals surface area contributed by atoms with E-state index in [4.69, 9.17) is 6.42 Å². The number of hydrogen-bond acceptors (Lipinski definition) is 2. The molecule has 1 aliphatic heterocycles. The van der Waals surface area contributed by atoms with Gasteiger partial charge >= 0.3 is 0 Å². The molecule has 1 saturated heterocycles. The Balaban J connectivity index is 2.72. The molecule has 0 aromatic carbocycles. The van der Waals surface area contributed by atoms with Gasteiger partial charge in [0.25, 0.3) is 0 Å². The predicted molar refractivity (Wildman–Crippen MR) is 79.6 cm³/mol. The van der Waals surface area contributed by atoms with Crippen LogP contribution in [0.15, 0.2) is 0 Å². The molecule has 1 heterocycles. The monoisotopic (exact) mass is 250 g/mol. The van der Waals surface area contributed by atoms with E-state index >= 15 is 0 Å². The molecule has 1 fully saturated rings. The topological polar surface area (TPSA) is 15.3 Å². The third-order valence-corrected chi connectivity index (χ3v) is 4.59. The van der Waals surface area contributed by atoms with Crippen molar-refractivity contribution in [3.63, 3.8) is 0 Å². The summed E-state index contributed by atoms with van der Waals surface area (Å²) < 4.78 is 0. The van der Waals surface area contributed by atoms with Crippen molar-refractivity contribution in [3.05, 3.63) is 0 Å². The summed E-state index contributed by atoms with van der Waals surface area (Å²) in [7, 11) is 0. The van der Waals surface area contributed by atoms with Crippen molar-refractivity contribution in [1.82, 2.24) is 10.2 Å². The Hall–Kier alpha value is -0.520. The summed E-state index contributed by atoms with van der Waals surface area (Å²) in [4.78, 5) is 2.67. The Bertz CT molecular complexity index is 269. The van der Waals surface area contributed by atoms with Gasteiger partial charge in [-0.25, -0.2) is 0 Å². The fourth-order valence-electron chi connectivity index (χ4n) is 2.97. The number of hydrogen-bond donors (Lipinski definition) is 1. The molecule has 0 aliphatic carbocycles. The number of terminal acetylenes is 1. The second-order valence-corrected chi connectivity index (χ2v) is 5.63. The van der Waals surface area contributed by atoms with E-state index in [1.807, 2.05) is 0 Å². The quantitative estimate of drug-likeness (QED) is 0.729. The number of rotatable bonds is 6. The second-order valence-electron chi connectivity index (χ2n) is 5.63. The maximum atomic E-state index is 5.53. The maximum absolute atomic E-state index is 5.53. The molecule has 4 atom stereocenters. The third-order valence-electron chi connectivity index (χ3n) is 4.59. The zero-order valence-corrected chi connectivity index (χ0v) is 12.6. The first-order valence-electron chi connectivity index (χ1n) is 7.60. The van der Waals surface area contributed by atoms with Gasteiger partial charge in [-0.2, -0.15) is 0 Å². The Morgan fingerprint density at radius 1 is 1.33 bits per heavy atom. The van der Waals surface area contributed by atoms with E-state index in [1.165, 1.54) is 12.8 Å². The van der Waals surface area contributed by atoms with E-state index in [0.29, 0.717) is 18.1 Å². The molecule has 104 valence electrons. The van der Waals surface area contributed by atoms with Gasteiger partial charge in [-0.05, 0) is 18.8 Å². The van der Waals surface area contributed by atoms with E-state index in [0.717, 1.165) is 31.8 Å². The Kier molecular flexibility index (Phi) is 6.75. The van der Waals surface area contributed by atoms with Crippen LogP contribution < -0.4 is 5.32 Å². The molecule has 1 aliphatic rings. The molecule has 0 saturated carbocycles. The highest BCUT2D eigenvalue weighted by atomic mass is 15.3. The van der Waals surface area contributed by atoms with Crippen LogP contribution >= 0.6 is 0 Å². The average molecular weight is 250 g/mol. The predicted octanol–water partition coefficient (Wildman–Crippen LogP) is 2.89. The lowest BCUT2D eigenvalue weighted by Gasteiger charge is -2.45. The highest BCUT2D eigenvalue weighted by Gasteiger charge is 2.32. The van der Waals surface area contributed by atoms with Crippen molar-refractivity contribution < 1.29 is 0 Å². The zero-order chi connectivity index (χ0) is 13.5. The average Bonchev–Trinajstić information content (AvgIpc) is 2.43. The van der Waals surface area contributed by atoms with E-state index in [9.17, 15) is 0 Å². The summed E-state index contributed by atoms with van der Waals surface area (Å²) in [6, 6.07) is 1.85. The fraction of sp³-hybridized carbons (Fsp3) is 0.875. The molecule has 1 rings (SSSR count). The van der Waals surface area contributed by atoms with Crippen LogP contribution in [0.1, 0.15) is 53.4 Å². The van der Waals surface area contributed by atoms with Gasteiger partial charge in [0, 0.05) is 37.6 Å². The van der Waals surface area contributed by atoms with Gasteiger partial charge in [0.15, 0.2) is 0 Å². The minimum atomic E-state index is 0.564. The van der Waals surface area contributed by atoms with Gasteiger partial charge in [0.1, 0.15) is 0 Å². The molecule has 0 radical (unpaired) electrons. The normalized spacial score (nSPS) is 28.6. The van der Waals surface area contributed by atoms with Crippen molar-refractivity contribution >= 4 is 0 Å². The Morgan fingerprint density at radius 2 is 2.06 bits per heavy atom. The summed E-state index contributed by atoms with van der Waals surface area (Å²) in [5.41, 5.74) is 0. The highest BCUT2D eigenvalue weighted by Crippen LogP contribution is 2.22. The van der Waals surface area contributed by atoms with Crippen molar-refractivity contribution in [2.45, 2.75) is 71.5 Å². The van der Waals surface area contributed by atoms with Crippen molar-refractivity contribution in [2.75, 3.05) is 13.1 Å². The molecule has 0 aromatic heterocycles. The minimum Gasteiger partial charge on any atom is -0.311 e. The summed E-state index contributed by atoms with van der Waals surface area (Å²) in [6.45, 7) is 11.5. The SMILES string of the molecule is C#CCC(CC)N1CC(C(C)CC)NCC1CC. The van der Waals surface area contributed by atoms with Gasteiger partial charge in [-0.1, -0.05) is 34.1 Å². The van der Waals surface area contributed by atoms with Gasteiger partial charge in [-0.15, -0.1) is 12.3 Å². The van der Waals surface area contributed by atoms with Crippen molar-refractivity contribution in [3.8, 4) is 12.3 Å². The van der Waals surface area contributed by atoms with Crippen LogP contribution in [0.4, 0.5) is 0 Å². The largest absolute Gasteiger partial charge is 0.311 e. The number of nitrogens with zero attached hydrogens (tertiary/aromatic N) is 1. The summed E-state index contributed by atoms with van der Waals surface area (Å²) in [5, 5.41) is 3.73. The molecule has 4 unspecified atom stereocenters. The van der Waals surface area contributed by atoms with E-state index < -0.39 is 0 Å². The summed E-state index contributed by atoms with van der Waals surface area (Å²) in [5.74, 6) is 3.60. The van der Waals surface area contributed by atoms with Crippen LogP contribution in [-0.4, -0.2) is 36.1 Å². The van der Waals surface area contributed by atoms with Crippen LogP contribution in [0, 0.1) is 18.3 Å². The van der Waals surface area contributed by atoms with Gasteiger partial charge < -0.3 is 5.32 Å². The van der Waals surface area contributed by atoms with E-state index in [2.05, 4.69) is 43.8 Å². The zero-order valence-electron chi connectivity index (χ0n) is 12.6. The lowest BCUT2D eigenvalue weighted by Crippen LogP contribution is -2.60. The lowest BCUT2D eigenvalue weighted by molar-refractivity contribution is 0.0639. The molecule has 0 amide bonds. The van der Waals surface area contributed by atoms with Crippen LogP contribution in [0.25, 0.3) is 0 Å². The molecule has 18 heavy (non-hydrogen) atoms. The van der Waals surface area contributed by atoms with E-state index in [-0.39, 0.29) is 0 Å². The molecule has 0 spiro atoms. The van der Waals surface area contributed by atoms with Crippen molar-refractivity contribution in [2.24, 2.45) is 5.92 Å². The molecule has 1 N–H and O–H groups in total. The van der Waals surface area contributed by atoms with Crippen LogP contribution in [0.2, 0.25) is 0 Å². The molecule has 2 heteroatoms. The smallest absolute Gasteiger partial charge is 0.0242 e. The summed E-state index contributed by atoms with van der Waals surface area (Å²) in [6.07, 6.45) is 10.0. The number of piperazine rings is 1. The molecule has 2 nitrogen and oxygen atoms in total. The van der Waals surface area contributed by atoms with Gasteiger partial charge in [-0.3, -0.25) is 4.90 Å². The molecule has 0 bridgehead atoms.